The summed E-state index contributed by atoms with van der Waals surface area (Å²) in [6.45, 7) is -0.499. The Labute approximate surface area is 110 Å². The average Bonchev–Trinajstić information content (AvgIpc) is 2.43. The van der Waals surface area contributed by atoms with E-state index in [-0.39, 0.29) is 0 Å². The number of amides is 1. The summed E-state index contributed by atoms with van der Waals surface area (Å²) in [6.07, 6.45) is 1.94. The number of carbonyl (C=O) groups is 2. The number of rotatable bonds is 5. The van der Waals surface area contributed by atoms with Crippen molar-refractivity contribution in [1.29, 1.82) is 0 Å². The van der Waals surface area contributed by atoms with Gasteiger partial charge in [-0.1, -0.05) is 0 Å². The molecule has 0 heterocycles. The normalized spacial score (nSPS) is 11.7. The summed E-state index contributed by atoms with van der Waals surface area (Å²) in [5.41, 5.74) is 0.426. The Hall–Kier alpha value is -1.53. The van der Waals surface area contributed by atoms with Gasteiger partial charge in [0.25, 0.3) is 5.91 Å². The average molecular weight is 269 g/mol. The van der Waals surface area contributed by atoms with Gasteiger partial charge in [0.2, 0.25) is 0 Å². The molecule has 0 aromatic heterocycles. The molecule has 0 spiro atoms. The molecule has 1 atom stereocenters. The van der Waals surface area contributed by atoms with Crippen LogP contribution in [0, 0.1) is 0 Å². The lowest BCUT2D eigenvalue weighted by atomic mass is 10.2. The van der Waals surface area contributed by atoms with Crippen LogP contribution in [0.3, 0.4) is 0 Å². The lowest BCUT2D eigenvalue weighted by molar-refractivity contribution is -0.143. The number of hydrogen-bond donors (Lipinski definition) is 2. The van der Waals surface area contributed by atoms with Gasteiger partial charge in [-0.05, 0) is 30.5 Å². The zero-order valence-electron chi connectivity index (χ0n) is 10.2. The summed E-state index contributed by atoms with van der Waals surface area (Å²) in [4.78, 5) is 24.0. The third-order valence-corrected chi connectivity index (χ3v) is 3.07. The standard InChI is InChI=1S/C12H15NO4S/c1-17-12(16)10(7-14)13-11(15)8-3-5-9(18-2)6-4-8/h3-6,10,14H,7H2,1-2H3,(H,13,15). The van der Waals surface area contributed by atoms with E-state index >= 15 is 0 Å². The largest absolute Gasteiger partial charge is 0.467 e. The number of ether oxygens (including phenoxy) is 1. The lowest BCUT2D eigenvalue weighted by Crippen LogP contribution is -2.44. The van der Waals surface area contributed by atoms with Crippen LogP contribution >= 0.6 is 11.8 Å². The Morgan fingerprint density at radius 1 is 1.39 bits per heavy atom. The molecular weight excluding hydrogens is 254 g/mol. The van der Waals surface area contributed by atoms with Crippen LogP contribution in [0.25, 0.3) is 0 Å². The van der Waals surface area contributed by atoms with Crippen molar-refractivity contribution in [2.24, 2.45) is 0 Å². The number of thioether (sulfide) groups is 1. The van der Waals surface area contributed by atoms with Crippen molar-refractivity contribution in [3.8, 4) is 0 Å². The highest BCUT2D eigenvalue weighted by Gasteiger charge is 2.20. The summed E-state index contributed by atoms with van der Waals surface area (Å²) < 4.78 is 4.46. The number of carbonyl (C=O) groups excluding carboxylic acids is 2. The van der Waals surface area contributed by atoms with E-state index < -0.39 is 24.5 Å². The van der Waals surface area contributed by atoms with Crippen LogP contribution < -0.4 is 5.32 Å². The van der Waals surface area contributed by atoms with E-state index in [1.165, 1.54) is 7.11 Å². The number of benzene rings is 1. The maximum atomic E-state index is 11.8. The molecule has 0 aliphatic heterocycles. The predicted octanol–water partition coefficient (Wildman–Crippen LogP) is 0.672. The van der Waals surface area contributed by atoms with Crippen molar-refractivity contribution < 1.29 is 19.4 Å². The van der Waals surface area contributed by atoms with E-state index in [0.29, 0.717) is 5.56 Å². The Morgan fingerprint density at radius 2 is 2.00 bits per heavy atom. The van der Waals surface area contributed by atoms with Crippen LogP contribution in [0.5, 0.6) is 0 Å². The van der Waals surface area contributed by atoms with Gasteiger partial charge in [0, 0.05) is 10.5 Å². The molecule has 1 amide bonds. The van der Waals surface area contributed by atoms with E-state index in [1.807, 2.05) is 18.4 Å². The summed E-state index contributed by atoms with van der Waals surface area (Å²) in [5, 5.41) is 11.4. The Kier molecular flexibility index (Phi) is 5.67. The molecule has 1 aromatic carbocycles. The zero-order chi connectivity index (χ0) is 13.5. The molecule has 6 heteroatoms. The van der Waals surface area contributed by atoms with Gasteiger partial charge in [-0.25, -0.2) is 4.79 Å². The van der Waals surface area contributed by atoms with Crippen molar-refractivity contribution >= 4 is 23.6 Å². The van der Waals surface area contributed by atoms with Crippen molar-refractivity contribution in [3.05, 3.63) is 29.8 Å². The first-order valence-corrected chi connectivity index (χ1v) is 6.48. The van der Waals surface area contributed by atoms with Gasteiger partial charge in [0.1, 0.15) is 0 Å². The molecule has 0 fully saturated rings. The number of hydrogen-bond acceptors (Lipinski definition) is 5. The van der Waals surface area contributed by atoms with E-state index in [1.54, 1.807) is 23.9 Å². The van der Waals surface area contributed by atoms with E-state index in [9.17, 15) is 9.59 Å². The third kappa shape index (κ3) is 3.75. The molecule has 1 unspecified atom stereocenters. The van der Waals surface area contributed by atoms with E-state index in [4.69, 9.17) is 5.11 Å². The number of aliphatic hydroxyl groups excluding tert-OH is 1. The number of esters is 1. The quantitative estimate of drug-likeness (QED) is 0.607. The summed E-state index contributed by atoms with van der Waals surface area (Å²) in [7, 11) is 1.20. The van der Waals surface area contributed by atoms with Gasteiger partial charge in [0.05, 0.1) is 13.7 Å². The molecule has 0 radical (unpaired) electrons. The molecule has 1 rings (SSSR count). The maximum absolute atomic E-state index is 11.8. The highest BCUT2D eigenvalue weighted by Crippen LogP contribution is 2.14. The first kappa shape index (κ1) is 14.5. The van der Waals surface area contributed by atoms with Gasteiger partial charge in [-0.15, -0.1) is 11.8 Å². The topological polar surface area (TPSA) is 75.6 Å². The van der Waals surface area contributed by atoms with Crippen molar-refractivity contribution in [3.63, 3.8) is 0 Å². The minimum atomic E-state index is -1.04. The highest BCUT2D eigenvalue weighted by molar-refractivity contribution is 7.98. The SMILES string of the molecule is COC(=O)C(CO)NC(=O)c1ccc(SC)cc1. The number of aliphatic hydroxyl groups is 1. The highest BCUT2D eigenvalue weighted by atomic mass is 32.2. The number of nitrogens with one attached hydrogen (secondary N) is 1. The Morgan fingerprint density at radius 3 is 2.44 bits per heavy atom. The van der Waals surface area contributed by atoms with E-state index in [0.717, 1.165) is 4.90 Å². The van der Waals surface area contributed by atoms with E-state index in [2.05, 4.69) is 10.1 Å². The second kappa shape index (κ2) is 7.03. The maximum Gasteiger partial charge on any atom is 0.330 e. The van der Waals surface area contributed by atoms with Crippen LogP contribution in [-0.2, 0) is 9.53 Å². The zero-order valence-corrected chi connectivity index (χ0v) is 11.0. The molecule has 2 N–H and O–H groups in total. The van der Waals surface area contributed by atoms with Crippen LogP contribution in [0.1, 0.15) is 10.4 Å². The minimum Gasteiger partial charge on any atom is -0.467 e. The predicted molar refractivity (Wildman–Crippen MR) is 68.6 cm³/mol. The molecule has 5 nitrogen and oxygen atoms in total. The number of methoxy groups -OCH3 is 1. The molecule has 18 heavy (non-hydrogen) atoms. The smallest absolute Gasteiger partial charge is 0.330 e. The van der Waals surface area contributed by atoms with Crippen LogP contribution in [0.4, 0.5) is 0 Å². The second-order valence-electron chi connectivity index (χ2n) is 3.46. The molecule has 0 saturated carbocycles. The van der Waals surface area contributed by atoms with Crippen LogP contribution in [-0.4, -0.2) is 43.0 Å². The van der Waals surface area contributed by atoms with Gasteiger partial charge in [-0.2, -0.15) is 0 Å². The molecule has 0 aliphatic carbocycles. The van der Waals surface area contributed by atoms with Gasteiger partial charge < -0.3 is 15.2 Å². The fraction of sp³-hybridized carbons (Fsp3) is 0.333. The molecule has 98 valence electrons. The Balaban J connectivity index is 2.71. The monoisotopic (exact) mass is 269 g/mol. The molecule has 1 aromatic rings. The lowest BCUT2D eigenvalue weighted by Gasteiger charge is -2.13. The first-order chi connectivity index (χ1) is 8.62. The summed E-state index contributed by atoms with van der Waals surface area (Å²) in [5.74, 6) is -1.10. The molecule has 0 saturated heterocycles. The molecule has 0 bridgehead atoms. The van der Waals surface area contributed by atoms with Gasteiger partial charge in [-0.3, -0.25) is 4.79 Å². The van der Waals surface area contributed by atoms with Gasteiger partial charge in [0.15, 0.2) is 6.04 Å². The van der Waals surface area contributed by atoms with Crippen molar-refractivity contribution in [2.45, 2.75) is 10.9 Å². The molecular formula is C12H15NO4S. The fourth-order valence-electron chi connectivity index (χ4n) is 1.31. The van der Waals surface area contributed by atoms with Crippen molar-refractivity contribution in [2.75, 3.05) is 20.0 Å². The summed E-state index contributed by atoms with van der Waals surface area (Å²) in [6, 6.07) is 5.90. The summed E-state index contributed by atoms with van der Waals surface area (Å²) >= 11 is 1.57. The van der Waals surface area contributed by atoms with Crippen molar-refractivity contribution in [1.82, 2.24) is 5.32 Å². The van der Waals surface area contributed by atoms with Crippen LogP contribution in [0.2, 0.25) is 0 Å². The van der Waals surface area contributed by atoms with Gasteiger partial charge >= 0.3 is 5.97 Å². The minimum absolute atomic E-state index is 0.424. The fourth-order valence-corrected chi connectivity index (χ4v) is 1.71. The third-order valence-electron chi connectivity index (χ3n) is 2.33. The first-order valence-electron chi connectivity index (χ1n) is 5.26. The van der Waals surface area contributed by atoms with Crippen LogP contribution in [0.15, 0.2) is 29.2 Å². The Bertz CT molecular complexity index is 419. The second-order valence-corrected chi connectivity index (χ2v) is 4.34. The molecule has 0 aliphatic rings.